The number of piperidine rings is 1. The zero-order valence-electron chi connectivity index (χ0n) is 13.6. The summed E-state index contributed by atoms with van der Waals surface area (Å²) in [5.74, 6) is 0.892. The molecule has 1 saturated heterocycles. The first-order chi connectivity index (χ1) is 10.0. The van der Waals surface area contributed by atoms with Crippen molar-refractivity contribution in [2.24, 2.45) is 0 Å². The molecule has 0 saturated carbocycles. The third kappa shape index (κ3) is 3.53. The Labute approximate surface area is 133 Å². The van der Waals surface area contributed by atoms with Crippen LogP contribution in [0.2, 0.25) is 5.02 Å². The lowest BCUT2D eigenvalue weighted by molar-refractivity contribution is 0.0625. The number of hydrogen-bond acceptors (Lipinski definition) is 3. The van der Waals surface area contributed by atoms with Gasteiger partial charge in [0.05, 0.1) is 13.2 Å². The van der Waals surface area contributed by atoms with Gasteiger partial charge in [0.25, 0.3) is 0 Å². The second-order valence-corrected chi connectivity index (χ2v) is 6.75. The van der Waals surface area contributed by atoms with Gasteiger partial charge in [-0.15, -0.1) is 0 Å². The fourth-order valence-corrected chi connectivity index (χ4v) is 3.65. The Bertz CT molecular complexity index is 470. The highest BCUT2D eigenvalue weighted by molar-refractivity contribution is 6.30. The molecule has 3 nitrogen and oxygen atoms in total. The summed E-state index contributed by atoms with van der Waals surface area (Å²) in [6, 6.07) is 6.02. The van der Waals surface area contributed by atoms with Gasteiger partial charge >= 0.3 is 0 Å². The number of likely N-dealkylation sites (N-methyl/N-ethyl adjacent to an activating group) is 1. The highest BCUT2D eigenvalue weighted by Gasteiger charge is 2.37. The minimum Gasteiger partial charge on any atom is -0.496 e. The van der Waals surface area contributed by atoms with Gasteiger partial charge in [-0.25, -0.2) is 0 Å². The number of likely N-dealkylation sites (tertiary alicyclic amines) is 1. The Morgan fingerprint density at radius 1 is 1.24 bits per heavy atom. The predicted octanol–water partition coefficient (Wildman–Crippen LogP) is 3.87. The summed E-state index contributed by atoms with van der Waals surface area (Å²) in [6.45, 7) is 6.93. The van der Waals surface area contributed by atoms with Gasteiger partial charge in [0.1, 0.15) is 5.75 Å². The number of benzene rings is 1. The van der Waals surface area contributed by atoms with Crippen LogP contribution in [0.15, 0.2) is 18.2 Å². The van der Waals surface area contributed by atoms with Gasteiger partial charge in [0.15, 0.2) is 0 Å². The monoisotopic (exact) mass is 310 g/mol. The van der Waals surface area contributed by atoms with Crippen molar-refractivity contribution in [3.63, 3.8) is 0 Å². The van der Waals surface area contributed by atoms with E-state index in [-0.39, 0.29) is 11.6 Å². The Morgan fingerprint density at radius 2 is 1.90 bits per heavy atom. The zero-order valence-corrected chi connectivity index (χ0v) is 14.3. The molecule has 2 rings (SSSR count). The zero-order chi connectivity index (χ0) is 15.5. The Morgan fingerprint density at radius 3 is 2.48 bits per heavy atom. The summed E-state index contributed by atoms with van der Waals surface area (Å²) in [5.41, 5.74) is 1.13. The summed E-state index contributed by atoms with van der Waals surface area (Å²) in [6.07, 6.45) is 3.91. The first-order valence-corrected chi connectivity index (χ1v) is 8.14. The minimum atomic E-state index is 0.00708. The molecule has 4 heteroatoms. The predicted molar refractivity (Wildman–Crippen MR) is 89.3 cm³/mol. The summed E-state index contributed by atoms with van der Waals surface area (Å²) >= 11 is 6.21. The summed E-state index contributed by atoms with van der Waals surface area (Å²) in [7, 11) is 3.73. The molecule has 21 heavy (non-hydrogen) atoms. The van der Waals surface area contributed by atoms with Crippen molar-refractivity contribution in [2.75, 3.05) is 27.2 Å². The van der Waals surface area contributed by atoms with Crippen molar-refractivity contribution in [3.8, 4) is 5.75 Å². The van der Waals surface area contributed by atoms with Gasteiger partial charge in [-0.05, 0) is 65.0 Å². The number of methoxy groups -OCH3 is 1. The molecule has 1 unspecified atom stereocenters. The summed E-state index contributed by atoms with van der Waals surface area (Å²) in [5, 5.41) is 4.23. The topological polar surface area (TPSA) is 24.5 Å². The van der Waals surface area contributed by atoms with E-state index in [2.05, 4.69) is 24.1 Å². The first kappa shape index (κ1) is 16.6. The Hall–Kier alpha value is -0.770. The highest BCUT2D eigenvalue weighted by atomic mass is 35.5. The molecule has 1 aromatic rings. The maximum atomic E-state index is 6.21. The van der Waals surface area contributed by atoms with E-state index in [1.165, 1.54) is 19.3 Å². The van der Waals surface area contributed by atoms with E-state index in [0.29, 0.717) is 0 Å². The van der Waals surface area contributed by atoms with E-state index in [0.717, 1.165) is 29.4 Å². The molecule has 0 aromatic heterocycles. The van der Waals surface area contributed by atoms with Crippen LogP contribution >= 0.6 is 11.6 Å². The van der Waals surface area contributed by atoms with Crippen LogP contribution < -0.4 is 10.1 Å². The second-order valence-electron chi connectivity index (χ2n) is 6.31. The first-order valence-electron chi connectivity index (χ1n) is 7.76. The van der Waals surface area contributed by atoms with Crippen LogP contribution in [-0.4, -0.2) is 37.7 Å². The van der Waals surface area contributed by atoms with E-state index in [1.807, 2.05) is 25.2 Å². The number of hydrogen-bond donors (Lipinski definition) is 1. The minimum absolute atomic E-state index is 0.00708. The van der Waals surface area contributed by atoms with Gasteiger partial charge in [-0.2, -0.15) is 0 Å². The van der Waals surface area contributed by atoms with Crippen molar-refractivity contribution >= 4 is 11.6 Å². The summed E-state index contributed by atoms with van der Waals surface area (Å²) in [4.78, 5) is 2.58. The molecule has 1 aliphatic rings. The Balaban J connectivity index is 2.35. The number of ether oxygens (including phenoxy) is 1. The SMILES string of the molecule is CNC(c1cc(Cl)ccc1OC)C(C)(C)N1CCCCC1. The lowest BCUT2D eigenvalue weighted by atomic mass is 9.85. The lowest BCUT2D eigenvalue weighted by Gasteiger charge is -2.46. The van der Waals surface area contributed by atoms with Crippen LogP contribution in [0.3, 0.4) is 0 Å². The molecule has 0 aliphatic carbocycles. The quantitative estimate of drug-likeness (QED) is 0.893. The molecule has 1 fully saturated rings. The molecule has 1 heterocycles. The molecule has 0 spiro atoms. The second kappa shape index (κ2) is 6.99. The van der Waals surface area contributed by atoms with Crippen LogP contribution in [0.25, 0.3) is 0 Å². The molecule has 0 bridgehead atoms. The molecule has 118 valence electrons. The number of nitrogens with zero attached hydrogens (tertiary/aromatic N) is 1. The van der Waals surface area contributed by atoms with Crippen LogP contribution in [0, 0.1) is 0 Å². The average Bonchev–Trinajstić information content (AvgIpc) is 2.49. The average molecular weight is 311 g/mol. The third-order valence-corrected chi connectivity index (χ3v) is 4.90. The molecule has 1 atom stereocenters. The van der Waals surface area contributed by atoms with Gasteiger partial charge in [-0.3, -0.25) is 4.90 Å². The standard InChI is InChI=1S/C17H27ClN2O/c1-17(2,20-10-6-5-7-11-20)16(19-3)14-12-13(18)8-9-15(14)21-4/h8-9,12,16,19H,5-7,10-11H2,1-4H3. The number of nitrogens with one attached hydrogen (secondary N) is 1. The Kier molecular flexibility index (Phi) is 5.53. The van der Waals surface area contributed by atoms with E-state index in [1.54, 1.807) is 7.11 Å². The van der Waals surface area contributed by atoms with E-state index in [9.17, 15) is 0 Å². The molecular weight excluding hydrogens is 284 g/mol. The van der Waals surface area contributed by atoms with Crippen LogP contribution in [0.4, 0.5) is 0 Å². The van der Waals surface area contributed by atoms with Crippen LogP contribution in [0.1, 0.15) is 44.7 Å². The largest absolute Gasteiger partial charge is 0.496 e. The molecule has 0 amide bonds. The van der Waals surface area contributed by atoms with Crippen LogP contribution in [0.5, 0.6) is 5.75 Å². The van der Waals surface area contributed by atoms with Crippen molar-refractivity contribution in [1.29, 1.82) is 0 Å². The number of rotatable bonds is 5. The maximum Gasteiger partial charge on any atom is 0.123 e. The molecule has 1 aromatic carbocycles. The van der Waals surface area contributed by atoms with Gasteiger partial charge in [0, 0.05) is 16.1 Å². The molecular formula is C17H27ClN2O. The van der Waals surface area contributed by atoms with Crippen molar-refractivity contribution in [3.05, 3.63) is 28.8 Å². The molecule has 1 aliphatic heterocycles. The van der Waals surface area contributed by atoms with Crippen LogP contribution in [-0.2, 0) is 0 Å². The van der Waals surface area contributed by atoms with Crippen molar-refractivity contribution in [2.45, 2.75) is 44.7 Å². The highest BCUT2D eigenvalue weighted by Crippen LogP contribution is 2.38. The lowest BCUT2D eigenvalue weighted by Crippen LogP contribution is -2.53. The van der Waals surface area contributed by atoms with E-state index < -0.39 is 0 Å². The summed E-state index contributed by atoms with van der Waals surface area (Å²) < 4.78 is 5.55. The smallest absolute Gasteiger partial charge is 0.123 e. The van der Waals surface area contributed by atoms with Gasteiger partial charge in [0.2, 0.25) is 0 Å². The number of halogens is 1. The van der Waals surface area contributed by atoms with Gasteiger partial charge < -0.3 is 10.1 Å². The fourth-order valence-electron chi connectivity index (χ4n) is 3.47. The third-order valence-electron chi connectivity index (χ3n) is 4.67. The van der Waals surface area contributed by atoms with E-state index in [4.69, 9.17) is 16.3 Å². The maximum absolute atomic E-state index is 6.21. The fraction of sp³-hybridized carbons (Fsp3) is 0.647. The molecule has 0 radical (unpaired) electrons. The van der Waals surface area contributed by atoms with Crippen molar-refractivity contribution < 1.29 is 4.74 Å². The van der Waals surface area contributed by atoms with Gasteiger partial charge in [-0.1, -0.05) is 18.0 Å². The van der Waals surface area contributed by atoms with E-state index >= 15 is 0 Å². The molecule has 1 N–H and O–H groups in total. The van der Waals surface area contributed by atoms with Crippen molar-refractivity contribution in [1.82, 2.24) is 10.2 Å². The normalized spacial score (nSPS) is 18.5.